The summed E-state index contributed by atoms with van der Waals surface area (Å²) in [7, 11) is -2.63. The second-order valence-corrected chi connectivity index (χ2v) is 5.95. The molecule has 0 aliphatic carbocycles. The van der Waals surface area contributed by atoms with Crippen molar-refractivity contribution in [2.45, 2.75) is 4.90 Å². The van der Waals surface area contributed by atoms with Gasteiger partial charge in [0, 0.05) is 0 Å². The molecule has 0 aliphatic heterocycles. The first-order chi connectivity index (χ1) is 9.45. The summed E-state index contributed by atoms with van der Waals surface area (Å²) in [5.41, 5.74) is 0. The maximum atomic E-state index is 12.3. The van der Waals surface area contributed by atoms with E-state index in [0.29, 0.717) is 0 Å². The number of anilines is 1. The average Bonchev–Trinajstić information content (AvgIpc) is 2.42. The third kappa shape index (κ3) is 2.95. The van der Waals surface area contributed by atoms with Crippen molar-refractivity contribution < 1.29 is 13.2 Å². The fourth-order valence-electron chi connectivity index (χ4n) is 1.38. The van der Waals surface area contributed by atoms with Gasteiger partial charge in [0.2, 0.25) is 5.82 Å². The Morgan fingerprint density at radius 3 is 2.80 bits per heavy atom. The van der Waals surface area contributed by atoms with E-state index >= 15 is 0 Å². The summed E-state index contributed by atoms with van der Waals surface area (Å²) < 4.78 is 31.6. The van der Waals surface area contributed by atoms with Crippen molar-refractivity contribution in [3.63, 3.8) is 0 Å². The van der Waals surface area contributed by atoms with Crippen LogP contribution in [0.4, 0.5) is 5.82 Å². The smallest absolute Gasteiger partial charge is 0.264 e. The van der Waals surface area contributed by atoms with E-state index in [1.54, 1.807) is 0 Å². The molecule has 9 heteroatoms. The lowest BCUT2D eigenvalue weighted by atomic mass is 10.4. The van der Waals surface area contributed by atoms with Crippen LogP contribution in [0.1, 0.15) is 0 Å². The molecule has 0 atom stereocenters. The SMILES string of the molecule is COc1n[c]cnc1NS(=O)(=O)c1cccc(Cl)c1Cl. The number of rotatable bonds is 4. The maximum absolute atomic E-state index is 12.3. The van der Waals surface area contributed by atoms with Gasteiger partial charge in [-0.1, -0.05) is 29.3 Å². The van der Waals surface area contributed by atoms with Crippen molar-refractivity contribution in [1.82, 2.24) is 9.97 Å². The van der Waals surface area contributed by atoms with Gasteiger partial charge < -0.3 is 4.74 Å². The summed E-state index contributed by atoms with van der Waals surface area (Å²) in [6.45, 7) is 0. The van der Waals surface area contributed by atoms with Crippen LogP contribution in [0.2, 0.25) is 10.0 Å². The molecule has 2 rings (SSSR count). The standard InChI is InChI=1S/C11H8Cl2N3O3S/c1-19-11-10(14-5-6-15-11)16-20(17,18)8-4-2-3-7(12)9(8)13/h2-5H,1H3,(H,14,16). The van der Waals surface area contributed by atoms with Gasteiger partial charge in [0.15, 0.2) is 0 Å². The lowest BCUT2D eigenvalue weighted by Gasteiger charge is -2.10. The molecule has 20 heavy (non-hydrogen) atoms. The van der Waals surface area contributed by atoms with E-state index in [-0.39, 0.29) is 26.6 Å². The minimum Gasteiger partial charge on any atom is -0.478 e. The summed E-state index contributed by atoms with van der Waals surface area (Å²) in [5.74, 6) is -0.0727. The van der Waals surface area contributed by atoms with Crippen LogP contribution in [0.5, 0.6) is 5.88 Å². The topological polar surface area (TPSA) is 81.2 Å². The molecule has 2 aromatic rings. The Morgan fingerprint density at radius 1 is 1.35 bits per heavy atom. The Bertz CT molecular complexity index is 737. The molecule has 1 N–H and O–H groups in total. The molecule has 0 amide bonds. The first-order valence-electron chi connectivity index (χ1n) is 5.19. The number of aromatic nitrogens is 2. The first kappa shape index (κ1) is 14.8. The highest BCUT2D eigenvalue weighted by molar-refractivity contribution is 7.92. The van der Waals surface area contributed by atoms with E-state index in [0.717, 1.165) is 0 Å². The maximum Gasteiger partial charge on any atom is 0.264 e. The number of nitrogens with zero attached hydrogens (tertiary/aromatic N) is 2. The van der Waals surface area contributed by atoms with Gasteiger partial charge in [0.25, 0.3) is 15.9 Å². The predicted molar refractivity (Wildman–Crippen MR) is 74.7 cm³/mol. The van der Waals surface area contributed by atoms with Gasteiger partial charge in [-0.05, 0) is 12.1 Å². The Labute approximate surface area is 125 Å². The molecule has 6 nitrogen and oxygen atoms in total. The summed E-state index contributed by atoms with van der Waals surface area (Å²) in [6, 6.07) is 4.29. The van der Waals surface area contributed by atoms with Crippen molar-refractivity contribution in [3.05, 3.63) is 40.6 Å². The number of nitrogens with one attached hydrogen (secondary N) is 1. The number of benzene rings is 1. The first-order valence-corrected chi connectivity index (χ1v) is 7.43. The Balaban J connectivity index is 2.44. The lowest BCUT2D eigenvalue weighted by molar-refractivity contribution is 0.398. The average molecular weight is 333 g/mol. The molecule has 1 radical (unpaired) electrons. The van der Waals surface area contributed by atoms with Gasteiger partial charge >= 0.3 is 0 Å². The van der Waals surface area contributed by atoms with Gasteiger partial charge in [0.1, 0.15) is 11.1 Å². The number of sulfonamides is 1. The summed E-state index contributed by atoms with van der Waals surface area (Å²) in [5, 5.41) is 0.0603. The van der Waals surface area contributed by atoms with Crippen LogP contribution < -0.4 is 9.46 Å². The van der Waals surface area contributed by atoms with E-state index < -0.39 is 10.0 Å². The van der Waals surface area contributed by atoms with Crippen LogP contribution in [0.25, 0.3) is 0 Å². The third-order valence-corrected chi connectivity index (χ3v) is 4.56. The molecule has 0 fully saturated rings. The van der Waals surface area contributed by atoms with Crippen LogP contribution in [0.15, 0.2) is 29.3 Å². The second kappa shape index (κ2) is 5.82. The molecule has 1 aromatic heterocycles. The van der Waals surface area contributed by atoms with Gasteiger partial charge in [-0.25, -0.2) is 18.4 Å². The third-order valence-electron chi connectivity index (χ3n) is 2.25. The summed E-state index contributed by atoms with van der Waals surface area (Å²) in [4.78, 5) is 7.36. The summed E-state index contributed by atoms with van der Waals surface area (Å²) >= 11 is 11.7. The molecule has 0 unspecified atom stereocenters. The largest absolute Gasteiger partial charge is 0.478 e. The number of hydrogen-bond acceptors (Lipinski definition) is 5. The Kier molecular flexibility index (Phi) is 4.32. The van der Waals surface area contributed by atoms with Crippen molar-refractivity contribution >= 4 is 39.0 Å². The van der Waals surface area contributed by atoms with Gasteiger partial charge in [-0.2, -0.15) is 0 Å². The van der Waals surface area contributed by atoms with Crippen molar-refractivity contribution in [2.24, 2.45) is 0 Å². The molecule has 0 bridgehead atoms. The zero-order valence-corrected chi connectivity index (χ0v) is 12.4. The fourth-order valence-corrected chi connectivity index (χ4v) is 3.14. The van der Waals surface area contributed by atoms with Crippen molar-refractivity contribution in [1.29, 1.82) is 0 Å². The zero-order valence-electron chi connectivity index (χ0n) is 10.1. The second-order valence-electron chi connectivity index (χ2n) is 3.51. The molecule has 0 spiro atoms. The molecular weight excluding hydrogens is 325 g/mol. The predicted octanol–water partition coefficient (Wildman–Crippen LogP) is 2.39. The fraction of sp³-hybridized carbons (Fsp3) is 0.0909. The quantitative estimate of drug-likeness (QED) is 0.929. The van der Waals surface area contributed by atoms with Crippen LogP contribution in [0.3, 0.4) is 0 Å². The zero-order chi connectivity index (χ0) is 14.8. The molecular formula is C11H8Cl2N3O3S. The minimum atomic E-state index is -3.96. The van der Waals surface area contributed by atoms with Gasteiger partial charge in [-0.3, -0.25) is 4.72 Å². The van der Waals surface area contributed by atoms with E-state index in [9.17, 15) is 8.42 Å². The van der Waals surface area contributed by atoms with Crippen LogP contribution in [-0.4, -0.2) is 25.5 Å². The molecule has 1 heterocycles. The number of hydrogen-bond donors (Lipinski definition) is 1. The van der Waals surface area contributed by atoms with Crippen LogP contribution >= 0.6 is 23.2 Å². The van der Waals surface area contributed by atoms with Gasteiger partial charge in [-0.15, -0.1) is 0 Å². The molecule has 1 aromatic carbocycles. The number of methoxy groups -OCH3 is 1. The molecule has 105 valence electrons. The molecule has 0 saturated carbocycles. The van der Waals surface area contributed by atoms with Crippen LogP contribution in [-0.2, 0) is 10.0 Å². The highest BCUT2D eigenvalue weighted by Crippen LogP contribution is 2.30. The molecule has 0 aliphatic rings. The van der Waals surface area contributed by atoms with Crippen molar-refractivity contribution in [3.8, 4) is 5.88 Å². The normalized spacial score (nSPS) is 11.2. The molecule has 0 saturated heterocycles. The number of halogens is 2. The van der Waals surface area contributed by atoms with Crippen LogP contribution in [0, 0.1) is 6.20 Å². The Morgan fingerprint density at radius 2 is 2.10 bits per heavy atom. The lowest BCUT2D eigenvalue weighted by Crippen LogP contribution is -2.15. The highest BCUT2D eigenvalue weighted by atomic mass is 35.5. The number of ether oxygens (including phenoxy) is 1. The van der Waals surface area contributed by atoms with E-state index in [4.69, 9.17) is 27.9 Å². The van der Waals surface area contributed by atoms with E-state index in [1.807, 2.05) is 0 Å². The van der Waals surface area contributed by atoms with E-state index in [1.165, 1.54) is 31.5 Å². The highest BCUT2D eigenvalue weighted by Gasteiger charge is 2.22. The van der Waals surface area contributed by atoms with Crippen molar-refractivity contribution in [2.75, 3.05) is 11.8 Å². The summed E-state index contributed by atoms with van der Waals surface area (Å²) in [6.07, 6.45) is 3.64. The van der Waals surface area contributed by atoms with Gasteiger partial charge in [0.05, 0.1) is 23.4 Å². The minimum absolute atomic E-state index is 0.00535. The monoisotopic (exact) mass is 332 g/mol. The van der Waals surface area contributed by atoms with E-state index in [2.05, 4.69) is 20.9 Å². The Hall–Kier alpha value is -1.57.